The Morgan fingerprint density at radius 1 is 1.21 bits per heavy atom. The number of sulfonamides is 1. The number of aromatic nitrogens is 3. The summed E-state index contributed by atoms with van der Waals surface area (Å²) in [5.41, 5.74) is -0.856. The van der Waals surface area contributed by atoms with Gasteiger partial charge in [0.25, 0.3) is 5.56 Å². The summed E-state index contributed by atoms with van der Waals surface area (Å²) in [5.74, 6) is 0.236. The minimum atomic E-state index is -3.78. The van der Waals surface area contributed by atoms with Gasteiger partial charge in [-0.05, 0) is 31.0 Å². The predicted molar refractivity (Wildman–Crippen MR) is 144 cm³/mol. The molecule has 12 heteroatoms. The Hall–Kier alpha value is -3.69. The summed E-state index contributed by atoms with van der Waals surface area (Å²) in [6, 6.07) is 10.4. The molecular weight excluding hydrogens is 506 g/mol. The number of rotatable bonds is 6. The SMILES string of the molecule is CN(C)S(=O)(=O)c1ccccc1Nc1nn(C2(CC#N)CCN(C(=O)C(C)(C)C)CC2)c2cc[nH]c(=O)c12. The van der Waals surface area contributed by atoms with E-state index in [1.165, 1.54) is 26.4 Å². The fourth-order valence-electron chi connectivity index (χ4n) is 4.86. The van der Waals surface area contributed by atoms with Crippen LogP contribution in [-0.2, 0) is 20.4 Å². The fourth-order valence-corrected chi connectivity index (χ4v) is 5.90. The average molecular weight is 540 g/mol. The third kappa shape index (κ3) is 4.79. The first-order valence-corrected chi connectivity index (χ1v) is 13.8. The molecule has 0 spiro atoms. The number of likely N-dealkylation sites (tertiary alicyclic amines) is 1. The van der Waals surface area contributed by atoms with Gasteiger partial charge < -0.3 is 15.2 Å². The zero-order valence-electron chi connectivity index (χ0n) is 22.3. The number of nitrogens with one attached hydrogen (secondary N) is 2. The molecule has 1 aromatic carbocycles. The van der Waals surface area contributed by atoms with E-state index in [1.807, 2.05) is 25.7 Å². The Morgan fingerprint density at radius 2 is 1.87 bits per heavy atom. The van der Waals surface area contributed by atoms with E-state index in [9.17, 15) is 23.3 Å². The number of amides is 1. The molecule has 0 aliphatic carbocycles. The van der Waals surface area contributed by atoms with Gasteiger partial charge in [0.1, 0.15) is 10.3 Å². The Bertz CT molecular complexity index is 1570. The minimum absolute atomic E-state index is 0.0424. The molecule has 0 bridgehead atoms. The highest BCUT2D eigenvalue weighted by Gasteiger charge is 2.41. The number of aromatic amines is 1. The molecule has 3 aromatic rings. The number of carbonyl (C=O) groups excluding carboxylic acids is 1. The Kier molecular flexibility index (Phi) is 7.11. The van der Waals surface area contributed by atoms with Crippen LogP contribution in [0.4, 0.5) is 11.5 Å². The molecule has 11 nitrogen and oxygen atoms in total. The summed E-state index contributed by atoms with van der Waals surface area (Å²) in [5, 5.41) is 17.9. The van der Waals surface area contributed by atoms with Gasteiger partial charge in [-0.25, -0.2) is 12.7 Å². The first-order chi connectivity index (χ1) is 17.8. The predicted octanol–water partition coefficient (Wildman–Crippen LogP) is 3.00. The Morgan fingerprint density at radius 3 is 2.47 bits per heavy atom. The molecule has 2 N–H and O–H groups in total. The maximum absolute atomic E-state index is 13.0. The van der Waals surface area contributed by atoms with Crippen molar-refractivity contribution in [1.82, 2.24) is 24.0 Å². The van der Waals surface area contributed by atoms with Crippen LogP contribution >= 0.6 is 0 Å². The number of fused-ring (bicyclic) bond motifs is 1. The molecule has 38 heavy (non-hydrogen) atoms. The second-order valence-corrected chi connectivity index (χ2v) is 13.0. The molecule has 1 aliphatic rings. The van der Waals surface area contributed by atoms with Gasteiger partial charge in [0, 0.05) is 38.8 Å². The summed E-state index contributed by atoms with van der Waals surface area (Å²) in [6.45, 7) is 6.55. The number of nitrogens with zero attached hydrogens (tertiary/aromatic N) is 5. The van der Waals surface area contributed by atoms with Crippen molar-refractivity contribution < 1.29 is 13.2 Å². The first kappa shape index (κ1) is 27.3. The highest BCUT2D eigenvalue weighted by Crippen LogP contribution is 2.38. The fraction of sp³-hybridized carbons (Fsp3) is 0.462. The number of nitriles is 1. The molecule has 3 heterocycles. The van der Waals surface area contributed by atoms with Gasteiger partial charge in [-0.15, -0.1) is 0 Å². The standard InChI is InChI=1S/C26H33N7O4S/c1-25(2,3)24(35)32-16-12-26(11-14-27,13-17-32)33-19-10-15-28-23(34)21(19)22(30-33)29-18-8-6-7-9-20(18)38(36,37)31(4)5/h6-10,15H,11-13,16-17H2,1-5H3,(H,28,34)(H,29,30). The molecular formula is C26H33N7O4S. The van der Waals surface area contributed by atoms with Crippen molar-refractivity contribution in [2.45, 2.75) is 50.5 Å². The molecule has 4 rings (SSSR count). The number of hydrogen-bond acceptors (Lipinski definition) is 7. The van der Waals surface area contributed by atoms with Gasteiger partial charge in [-0.2, -0.15) is 10.4 Å². The van der Waals surface area contributed by atoms with Crippen LogP contribution < -0.4 is 10.9 Å². The molecule has 1 saturated heterocycles. The third-order valence-electron chi connectivity index (χ3n) is 6.98. The number of hydrogen-bond donors (Lipinski definition) is 2. The Labute approximate surface area is 222 Å². The quantitative estimate of drug-likeness (QED) is 0.490. The number of carbonyl (C=O) groups is 1. The van der Waals surface area contributed by atoms with Crippen molar-refractivity contribution >= 4 is 38.3 Å². The number of H-pyrrole nitrogens is 1. The average Bonchev–Trinajstić information content (AvgIpc) is 3.24. The summed E-state index contributed by atoms with van der Waals surface area (Å²) in [4.78, 5) is 30.4. The van der Waals surface area contributed by atoms with Crippen LogP contribution in [0.1, 0.15) is 40.0 Å². The van der Waals surface area contributed by atoms with E-state index in [2.05, 4.69) is 16.4 Å². The topological polar surface area (TPSA) is 144 Å². The second kappa shape index (κ2) is 9.89. The highest BCUT2D eigenvalue weighted by atomic mass is 32.2. The lowest BCUT2D eigenvalue weighted by Crippen LogP contribution is -2.50. The monoisotopic (exact) mass is 539 g/mol. The third-order valence-corrected chi connectivity index (χ3v) is 8.86. The summed E-state index contributed by atoms with van der Waals surface area (Å²) in [6.07, 6.45) is 2.63. The molecule has 0 radical (unpaired) electrons. The lowest BCUT2D eigenvalue weighted by molar-refractivity contribution is -0.141. The second-order valence-electron chi connectivity index (χ2n) is 10.8. The van der Waals surface area contributed by atoms with Gasteiger partial charge in [0.2, 0.25) is 15.9 Å². The van der Waals surface area contributed by atoms with Crippen molar-refractivity contribution in [3.8, 4) is 6.07 Å². The van der Waals surface area contributed by atoms with E-state index in [4.69, 9.17) is 5.10 Å². The van der Waals surface area contributed by atoms with Gasteiger partial charge in [0.05, 0.1) is 29.2 Å². The maximum atomic E-state index is 13.0. The molecule has 0 atom stereocenters. The van der Waals surface area contributed by atoms with Crippen LogP contribution in [0.25, 0.3) is 10.9 Å². The van der Waals surface area contributed by atoms with E-state index in [0.29, 0.717) is 31.4 Å². The van der Waals surface area contributed by atoms with Crippen LogP contribution in [0, 0.1) is 16.7 Å². The summed E-state index contributed by atoms with van der Waals surface area (Å²) >= 11 is 0. The highest BCUT2D eigenvalue weighted by molar-refractivity contribution is 7.89. The zero-order valence-corrected chi connectivity index (χ0v) is 23.1. The molecule has 1 aliphatic heterocycles. The lowest BCUT2D eigenvalue weighted by Gasteiger charge is -2.42. The van der Waals surface area contributed by atoms with E-state index < -0.39 is 26.5 Å². The van der Waals surface area contributed by atoms with Crippen molar-refractivity contribution in [2.75, 3.05) is 32.5 Å². The first-order valence-electron chi connectivity index (χ1n) is 12.4. The molecule has 1 amide bonds. The van der Waals surface area contributed by atoms with E-state index >= 15 is 0 Å². The van der Waals surface area contributed by atoms with E-state index in [-0.39, 0.29) is 34.1 Å². The molecule has 0 saturated carbocycles. The number of pyridine rings is 1. The van der Waals surface area contributed by atoms with Crippen molar-refractivity contribution in [3.63, 3.8) is 0 Å². The van der Waals surface area contributed by atoms with Crippen LogP contribution in [0.5, 0.6) is 0 Å². The van der Waals surface area contributed by atoms with Gasteiger partial charge >= 0.3 is 0 Å². The van der Waals surface area contributed by atoms with Crippen LogP contribution in [0.15, 0.2) is 46.2 Å². The minimum Gasteiger partial charge on any atom is -0.342 e. The van der Waals surface area contributed by atoms with E-state index in [1.54, 1.807) is 28.9 Å². The molecule has 202 valence electrons. The molecule has 2 aromatic heterocycles. The number of para-hydroxylation sites is 1. The van der Waals surface area contributed by atoms with Gasteiger partial charge in [-0.1, -0.05) is 32.9 Å². The van der Waals surface area contributed by atoms with Crippen molar-refractivity contribution in [1.29, 1.82) is 5.26 Å². The Balaban J connectivity index is 1.81. The molecule has 0 unspecified atom stereocenters. The normalized spacial score (nSPS) is 16.0. The maximum Gasteiger partial charge on any atom is 0.261 e. The molecule has 1 fully saturated rings. The smallest absolute Gasteiger partial charge is 0.261 e. The van der Waals surface area contributed by atoms with Crippen molar-refractivity contribution in [3.05, 3.63) is 46.9 Å². The number of benzene rings is 1. The van der Waals surface area contributed by atoms with Crippen molar-refractivity contribution in [2.24, 2.45) is 5.41 Å². The van der Waals surface area contributed by atoms with E-state index in [0.717, 1.165) is 4.31 Å². The zero-order chi connectivity index (χ0) is 27.9. The summed E-state index contributed by atoms with van der Waals surface area (Å²) < 4.78 is 28.7. The number of piperidine rings is 1. The van der Waals surface area contributed by atoms with Gasteiger partial charge in [-0.3, -0.25) is 14.3 Å². The lowest BCUT2D eigenvalue weighted by atomic mass is 9.83. The number of anilines is 2. The van der Waals surface area contributed by atoms with Gasteiger partial charge in [0.15, 0.2) is 5.82 Å². The van der Waals surface area contributed by atoms with Crippen LogP contribution in [0.3, 0.4) is 0 Å². The summed E-state index contributed by atoms with van der Waals surface area (Å²) in [7, 11) is -0.886. The van der Waals surface area contributed by atoms with Crippen LogP contribution in [0.2, 0.25) is 0 Å². The largest absolute Gasteiger partial charge is 0.342 e. The van der Waals surface area contributed by atoms with Crippen LogP contribution in [-0.4, -0.2) is 65.5 Å².